The molecule has 1 aromatic carbocycles. The summed E-state index contributed by atoms with van der Waals surface area (Å²) in [6.07, 6.45) is 0.664. The average molecular weight is 368 g/mol. The van der Waals surface area contributed by atoms with Crippen molar-refractivity contribution in [2.75, 3.05) is 18.5 Å². The molecule has 0 saturated carbocycles. The minimum atomic E-state index is -0.935. The number of nitrogens with zero attached hydrogens (tertiary/aromatic N) is 3. The number of fused-ring (bicyclic) bond motifs is 3. The highest BCUT2D eigenvalue weighted by Gasteiger charge is 2.39. The summed E-state index contributed by atoms with van der Waals surface area (Å²) in [6, 6.07) is 6.79. The Morgan fingerprint density at radius 2 is 2.11 bits per heavy atom. The molecule has 1 saturated heterocycles. The lowest BCUT2D eigenvalue weighted by molar-refractivity contribution is -0.138. The minimum Gasteiger partial charge on any atom is -0.480 e. The Hall–Kier alpha value is -3.16. The predicted octanol–water partition coefficient (Wildman–Crippen LogP) is 2.10. The van der Waals surface area contributed by atoms with Crippen LogP contribution in [-0.4, -0.2) is 46.6 Å². The second kappa shape index (κ2) is 6.53. The van der Waals surface area contributed by atoms with Gasteiger partial charge in [0, 0.05) is 25.4 Å². The van der Waals surface area contributed by atoms with E-state index in [9.17, 15) is 14.7 Å². The van der Waals surface area contributed by atoms with Gasteiger partial charge < -0.3 is 19.7 Å². The summed E-state index contributed by atoms with van der Waals surface area (Å²) in [5.74, 6) is -0.0853. The molecule has 1 aliphatic heterocycles. The Labute approximate surface area is 155 Å². The first-order chi connectivity index (χ1) is 13.0. The Morgan fingerprint density at radius 3 is 2.85 bits per heavy atom. The van der Waals surface area contributed by atoms with Crippen molar-refractivity contribution in [2.24, 2.45) is 5.92 Å². The standard InChI is InChI=1S/C19H20N4O4/c1-10-21-16-12-5-3-4-6-14(12)27-17(16)18(22-10)23-9-11(8-15(24)20-2)7-13(23)19(25)26/h3-6,11,13H,7-9H2,1-2H3,(H,20,24)(H,25,26). The van der Waals surface area contributed by atoms with Crippen LogP contribution in [0.3, 0.4) is 0 Å². The molecule has 8 nitrogen and oxygen atoms in total. The molecular formula is C19H20N4O4. The zero-order valence-electron chi connectivity index (χ0n) is 15.1. The van der Waals surface area contributed by atoms with Gasteiger partial charge in [0.1, 0.15) is 23.0 Å². The van der Waals surface area contributed by atoms with Crippen molar-refractivity contribution in [3.63, 3.8) is 0 Å². The molecule has 1 fully saturated rings. The molecule has 1 amide bonds. The molecule has 0 aliphatic carbocycles. The number of anilines is 1. The monoisotopic (exact) mass is 368 g/mol. The molecule has 8 heteroatoms. The Morgan fingerprint density at radius 1 is 1.33 bits per heavy atom. The number of amides is 1. The molecule has 4 rings (SSSR count). The number of aryl methyl sites for hydroxylation is 1. The number of aromatic nitrogens is 2. The molecule has 2 aromatic heterocycles. The van der Waals surface area contributed by atoms with Gasteiger partial charge in [-0.3, -0.25) is 4.79 Å². The van der Waals surface area contributed by atoms with E-state index in [1.54, 1.807) is 18.9 Å². The highest BCUT2D eigenvalue weighted by Crippen LogP contribution is 2.37. The molecule has 27 heavy (non-hydrogen) atoms. The van der Waals surface area contributed by atoms with E-state index < -0.39 is 12.0 Å². The second-order valence-electron chi connectivity index (χ2n) is 6.86. The van der Waals surface area contributed by atoms with E-state index in [0.29, 0.717) is 41.3 Å². The molecule has 2 atom stereocenters. The lowest BCUT2D eigenvalue weighted by Gasteiger charge is -2.22. The summed E-state index contributed by atoms with van der Waals surface area (Å²) < 4.78 is 5.98. The number of rotatable bonds is 4. The van der Waals surface area contributed by atoms with Crippen LogP contribution in [-0.2, 0) is 9.59 Å². The molecule has 0 bridgehead atoms. The third-order valence-corrected chi connectivity index (χ3v) is 5.01. The highest BCUT2D eigenvalue weighted by atomic mass is 16.4. The molecular weight excluding hydrogens is 348 g/mol. The zero-order chi connectivity index (χ0) is 19.1. The molecule has 1 aliphatic rings. The number of hydrogen-bond donors (Lipinski definition) is 2. The van der Waals surface area contributed by atoms with Gasteiger partial charge in [-0.2, -0.15) is 0 Å². The Kier molecular flexibility index (Phi) is 4.18. The SMILES string of the molecule is CNC(=O)CC1CC(C(=O)O)N(c2nc(C)nc3c2oc2ccccc23)C1. The van der Waals surface area contributed by atoms with Crippen LogP contribution in [0.15, 0.2) is 28.7 Å². The normalized spacial score (nSPS) is 19.7. The van der Waals surface area contributed by atoms with E-state index in [4.69, 9.17) is 4.42 Å². The number of hydrogen-bond acceptors (Lipinski definition) is 6. The van der Waals surface area contributed by atoms with Gasteiger partial charge in [-0.25, -0.2) is 14.8 Å². The number of nitrogens with one attached hydrogen (secondary N) is 1. The van der Waals surface area contributed by atoms with Crippen LogP contribution in [0.5, 0.6) is 0 Å². The van der Waals surface area contributed by atoms with E-state index in [0.717, 1.165) is 5.39 Å². The lowest BCUT2D eigenvalue weighted by atomic mass is 10.0. The van der Waals surface area contributed by atoms with Gasteiger partial charge in [0.15, 0.2) is 11.4 Å². The number of carboxylic acids is 1. The number of carbonyl (C=O) groups is 2. The van der Waals surface area contributed by atoms with Crippen molar-refractivity contribution in [1.29, 1.82) is 0 Å². The maximum Gasteiger partial charge on any atom is 0.326 e. The van der Waals surface area contributed by atoms with Crippen LogP contribution in [0, 0.1) is 12.8 Å². The first-order valence-electron chi connectivity index (χ1n) is 8.84. The summed E-state index contributed by atoms with van der Waals surface area (Å²) in [7, 11) is 1.58. The highest BCUT2D eigenvalue weighted by molar-refractivity contribution is 6.06. The number of para-hydroxylation sites is 1. The maximum atomic E-state index is 11.9. The number of benzene rings is 1. The van der Waals surface area contributed by atoms with Crippen molar-refractivity contribution in [3.05, 3.63) is 30.1 Å². The topological polar surface area (TPSA) is 109 Å². The van der Waals surface area contributed by atoms with Gasteiger partial charge in [-0.1, -0.05) is 12.1 Å². The van der Waals surface area contributed by atoms with Gasteiger partial charge in [0.2, 0.25) is 5.91 Å². The molecule has 0 radical (unpaired) electrons. The van der Waals surface area contributed by atoms with Crippen molar-refractivity contribution in [1.82, 2.24) is 15.3 Å². The summed E-state index contributed by atoms with van der Waals surface area (Å²) in [5.41, 5.74) is 1.84. The number of carbonyl (C=O) groups excluding carboxylic acids is 1. The van der Waals surface area contributed by atoms with Crippen LogP contribution in [0.25, 0.3) is 22.1 Å². The molecule has 3 heterocycles. The molecule has 3 aromatic rings. The van der Waals surface area contributed by atoms with Crippen molar-refractivity contribution in [3.8, 4) is 0 Å². The quantitative estimate of drug-likeness (QED) is 0.726. The first-order valence-corrected chi connectivity index (χ1v) is 8.84. The fourth-order valence-electron chi connectivity index (χ4n) is 3.78. The summed E-state index contributed by atoms with van der Waals surface area (Å²) in [4.78, 5) is 34.4. The second-order valence-corrected chi connectivity index (χ2v) is 6.86. The summed E-state index contributed by atoms with van der Waals surface area (Å²) in [5, 5.41) is 13.2. The van der Waals surface area contributed by atoms with Gasteiger partial charge in [-0.05, 0) is 31.4 Å². The smallest absolute Gasteiger partial charge is 0.326 e. The maximum absolute atomic E-state index is 11.9. The largest absolute Gasteiger partial charge is 0.480 e. The van der Waals surface area contributed by atoms with E-state index in [2.05, 4.69) is 15.3 Å². The lowest BCUT2D eigenvalue weighted by Crippen LogP contribution is -2.36. The van der Waals surface area contributed by atoms with Gasteiger partial charge >= 0.3 is 5.97 Å². The van der Waals surface area contributed by atoms with Crippen molar-refractivity contribution >= 4 is 39.8 Å². The van der Waals surface area contributed by atoms with Gasteiger partial charge in [0.05, 0.1) is 0 Å². The third kappa shape index (κ3) is 2.97. The van der Waals surface area contributed by atoms with Crippen molar-refractivity contribution in [2.45, 2.75) is 25.8 Å². The average Bonchev–Trinajstić information content (AvgIpc) is 3.22. The van der Waals surface area contributed by atoms with E-state index in [-0.39, 0.29) is 18.2 Å². The molecule has 0 spiro atoms. The number of furan rings is 1. The summed E-state index contributed by atoms with van der Waals surface area (Å²) >= 11 is 0. The van der Waals surface area contributed by atoms with Gasteiger partial charge in [-0.15, -0.1) is 0 Å². The first kappa shape index (κ1) is 17.3. The Balaban J connectivity index is 1.82. The molecule has 2 N–H and O–H groups in total. The molecule has 140 valence electrons. The van der Waals surface area contributed by atoms with Crippen molar-refractivity contribution < 1.29 is 19.1 Å². The zero-order valence-corrected chi connectivity index (χ0v) is 15.1. The van der Waals surface area contributed by atoms with E-state index in [1.165, 1.54) is 0 Å². The van der Waals surface area contributed by atoms with E-state index >= 15 is 0 Å². The molecule has 2 unspecified atom stereocenters. The predicted molar refractivity (Wildman–Crippen MR) is 99.6 cm³/mol. The fourth-order valence-corrected chi connectivity index (χ4v) is 3.78. The van der Waals surface area contributed by atoms with Crippen LogP contribution >= 0.6 is 0 Å². The third-order valence-electron chi connectivity index (χ3n) is 5.01. The summed E-state index contributed by atoms with van der Waals surface area (Å²) in [6.45, 7) is 2.20. The van der Waals surface area contributed by atoms with Crippen LogP contribution < -0.4 is 10.2 Å². The van der Waals surface area contributed by atoms with E-state index in [1.807, 2.05) is 24.3 Å². The number of carboxylic acid groups (broad SMARTS) is 1. The van der Waals surface area contributed by atoms with Gasteiger partial charge in [0.25, 0.3) is 0 Å². The fraction of sp³-hybridized carbons (Fsp3) is 0.368. The van der Waals surface area contributed by atoms with Crippen LogP contribution in [0.1, 0.15) is 18.7 Å². The van der Waals surface area contributed by atoms with Crippen LogP contribution in [0.2, 0.25) is 0 Å². The number of aliphatic carboxylic acids is 1. The van der Waals surface area contributed by atoms with Crippen LogP contribution in [0.4, 0.5) is 5.82 Å². The Bertz CT molecular complexity index is 1040. The minimum absolute atomic E-state index is 0.0688.